The van der Waals surface area contributed by atoms with Crippen LogP contribution >= 0.6 is 0 Å². The van der Waals surface area contributed by atoms with Crippen LogP contribution in [0.5, 0.6) is 5.75 Å². The average molecular weight is 456 g/mol. The van der Waals surface area contributed by atoms with Crippen LogP contribution in [0.3, 0.4) is 0 Å². The number of phenols is 1. The van der Waals surface area contributed by atoms with E-state index in [4.69, 9.17) is 11.5 Å². The van der Waals surface area contributed by atoms with E-state index < -0.39 is 5.60 Å². The van der Waals surface area contributed by atoms with Crippen LogP contribution in [0.2, 0.25) is 0 Å². The first-order valence-corrected chi connectivity index (χ1v) is 13.0. The molecule has 0 aromatic heterocycles. The van der Waals surface area contributed by atoms with Gasteiger partial charge in [0.2, 0.25) is 0 Å². The van der Waals surface area contributed by atoms with Gasteiger partial charge in [0, 0.05) is 30.6 Å². The number of fused-ring (bicyclic) bond motifs is 1. The maximum atomic E-state index is 12.5. The summed E-state index contributed by atoms with van der Waals surface area (Å²) in [4.78, 5) is 6.70. The van der Waals surface area contributed by atoms with Crippen LogP contribution in [-0.2, 0) is 11.8 Å². The number of aliphatic imine (C=N–C) groups is 1. The van der Waals surface area contributed by atoms with Crippen molar-refractivity contribution in [3.8, 4) is 5.75 Å². The van der Waals surface area contributed by atoms with E-state index in [9.17, 15) is 10.2 Å². The Hall–Kier alpha value is -1.83. The van der Waals surface area contributed by atoms with Crippen LogP contribution in [0.1, 0.15) is 68.9 Å². The van der Waals surface area contributed by atoms with Gasteiger partial charge in [-0.15, -0.1) is 0 Å². The molecule has 1 saturated heterocycles. The molecule has 0 radical (unpaired) electrons. The molecule has 4 aliphatic rings. The maximum Gasteiger partial charge on any atom is 0.185 e. The van der Waals surface area contributed by atoms with Gasteiger partial charge in [-0.25, -0.2) is 0 Å². The molecule has 1 aromatic rings. The highest BCUT2D eigenvalue weighted by atomic mass is 16.3. The van der Waals surface area contributed by atoms with Crippen LogP contribution in [-0.4, -0.2) is 64.9 Å². The van der Waals surface area contributed by atoms with Gasteiger partial charge >= 0.3 is 0 Å². The first-order valence-electron chi connectivity index (χ1n) is 13.0. The first-order chi connectivity index (χ1) is 15.9. The summed E-state index contributed by atoms with van der Waals surface area (Å²) < 4.78 is 0. The molecule has 33 heavy (non-hydrogen) atoms. The smallest absolute Gasteiger partial charge is 0.185 e. The van der Waals surface area contributed by atoms with E-state index in [-0.39, 0.29) is 17.4 Å². The summed E-state index contributed by atoms with van der Waals surface area (Å²) in [6, 6.07) is 6.45. The van der Waals surface area contributed by atoms with Crippen molar-refractivity contribution in [2.45, 2.75) is 87.3 Å². The number of aliphatic hydroxyl groups is 1. The summed E-state index contributed by atoms with van der Waals surface area (Å²) in [6.07, 6.45) is 10.4. The highest BCUT2D eigenvalue weighted by molar-refractivity contribution is 5.75. The number of benzene rings is 1. The number of hydrogen-bond acceptors (Lipinski definition) is 5. The predicted octanol–water partition coefficient (Wildman–Crippen LogP) is 1.99. The fourth-order valence-corrected chi connectivity index (χ4v) is 7.13. The fourth-order valence-electron chi connectivity index (χ4n) is 7.13. The normalized spacial score (nSPS) is 33.6. The molecule has 1 heterocycles. The third-order valence-corrected chi connectivity index (χ3v) is 8.86. The molecule has 1 aliphatic heterocycles. The van der Waals surface area contributed by atoms with Crippen molar-refractivity contribution in [1.29, 1.82) is 0 Å². The Labute approximate surface area is 197 Å². The maximum absolute atomic E-state index is 12.5. The predicted molar refractivity (Wildman–Crippen MR) is 131 cm³/mol. The molecule has 7 nitrogen and oxygen atoms in total. The van der Waals surface area contributed by atoms with Gasteiger partial charge in [-0.1, -0.05) is 6.07 Å². The minimum absolute atomic E-state index is 0.159. The quantitative estimate of drug-likeness (QED) is 0.232. The lowest BCUT2D eigenvalue weighted by atomic mass is 9.50. The van der Waals surface area contributed by atoms with E-state index in [1.165, 1.54) is 24.0 Å². The zero-order valence-corrected chi connectivity index (χ0v) is 19.8. The van der Waals surface area contributed by atoms with E-state index in [0.717, 1.165) is 76.9 Å². The Bertz CT molecular complexity index is 883. The standard InChI is InChI=1S/C26H41N5O2/c27-24(28)30-12-2-1-11-29-20-8-10-26(33)23-14-19-6-7-21(32)15-22(19)25(26,16-20)9-3-13-31(23)17-18-4-5-18/h6-7,15,18,20,23,29,32-33H,1-5,8-14,16-17H2,(H4,27,28,30)/t20-,23-,25-,26-/m1/s1. The van der Waals surface area contributed by atoms with Crippen molar-refractivity contribution in [2.75, 3.05) is 26.2 Å². The second-order valence-electron chi connectivity index (χ2n) is 11.0. The van der Waals surface area contributed by atoms with E-state index >= 15 is 0 Å². The van der Waals surface area contributed by atoms with Gasteiger partial charge in [0.05, 0.1) is 5.60 Å². The molecule has 7 heteroatoms. The second kappa shape index (κ2) is 9.08. The van der Waals surface area contributed by atoms with Crippen LogP contribution in [0.4, 0.5) is 0 Å². The highest BCUT2D eigenvalue weighted by Gasteiger charge is 2.63. The third-order valence-electron chi connectivity index (χ3n) is 8.86. The molecule has 3 fully saturated rings. The molecule has 2 bridgehead atoms. The summed E-state index contributed by atoms with van der Waals surface area (Å²) in [5, 5.41) is 26.7. The second-order valence-corrected chi connectivity index (χ2v) is 11.0. The molecule has 0 amide bonds. The van der Waals surface area contributed by atoms with Gasteiger partial charge in [0.15, 0.2) is 5.96 Å². The van der Waals surface area contributed by atoms with Crippen LogP contribution < -0.4 is 16.8 Å². The SMILES string of the molecule is NC(N)=NCCCCN[C@@H]1CC[C@@]2(O)[C@H]3Cc4ccc(O)cc4[C@@]2(CCCN3CC2CC2)C1. The fraction of sp³-hybridized carbons (Fsp3) is 0.731. The van der Waals surface area contributed by atoms with E-state index in [1.54, 1.807) is 0 Å². The van der Waals surface area contributed by atoms with Crippen molar-refractivity contribution >= 4 is 5.96 Å². The van der Waals surface area contributed by atoms with Crippen molar-refractivity contribution in [1.82, 2.24) is 10.2 Å². The zero-order valence-electron chi connectivity index (χ0n) is 19.8. The first kappa shape index (κ1) is 22.9. The summed E-state index contributed by atoms with van der Waals surface area (Å²) in [5.41, 5.74) is 12.3. The largest absolute Gasteiger partial charge is 0.508 e. The van der Waals surface area contributed by atoms with Gasteiger partial charge in [-0.3, -0.25) is 9.89 Å². The molecular formula is C26H41N5O2. The minimum Gasteiger partial charge on any atom is -0.508 e. The molecule has 182 valence electrons. The topological polar surface area (TPSA) is 120 Å². The van der Waals surface area contributed by atoms with Gasteiger partial charge in [-0.2, -0.15) is 0 Å². The van der Waals surface area contributed by atoms with Gasteiger partial charge < -0.3 is 27.0 Å². The number of unbranched alkanes of at least 4 members (excludes halogenated alkanes) is 1. The number of phenolic OH excluding ortho intramolecular Hbond substituents is 1. The zero-order chi connectivity index (χ0) is 23.1. The molecular weight excluding hydrogens is 414 g/mol. The van der Waals surface area contributed by atoms with Crippen molar-refractivity contribution in [2.24, 2.45) is 22.4 Å². The third kappa shape index (κ3) is 4.35. The average Bonchev–Trinajstić information content (AvgIpc) is 3.60. The lowest BCUT2D eigenvalue weighted by molar-refractivity contribution is -0.132. The number of rotatable bonds is 8. The molecule has 5 rings (SSSR count). The number of hydrogen-bond donors (Lipinski definition) is 5. The summed E-state index contributed by atoms with van der Waals surface area (Å²) in [6.45, 7) is 3.81. The Morgan fingerprint density at radius 1 is 1.18 bits per heavy atom. The number of guanidine groups is 1. The van der Waals surface area contributed by atoms with E-state index in [1.807, 2.05) is 12.1 Å². The lowest BCUT2D eigenvalue weighted by Gasteiger charge is -2.60. The summed E-state index contributed by atoms with van der Waals surface area (Å²) in [7, 11) is 0. The Morgan fingerprint density at radius 2 is 2.03 bits per heavy atom. The van der Waals surface area contributed by atoms with Crippen molar-refractivity contribution in [3.63, 3.8) is 0 Å². The Morgan fingerprint density at radius 3 is 2.82 bits per heavy atom. The molecule has 1 aromatic carbocycles. The molecule has 7 N–H and O–H groups in total. The molecule has 3 aliphatic carbocycles. The van der Waals surface area contributed by atoms with Crippen molar-refractivity contribution < 1.29 is 10.2 Å². The number of aromatic hydroxyl groups is 1. The number of nitrogens with one attached hydrogen (secondary N) is 1. The monoisotopic (exact) mass is 455 g/mol. The summed E-state index contributed by atoms with van der Waals surface area (Å²) >= 11 is 0. The van der Waals surface area contributed by atoms with Crippen LogP contribution in [0.25, 0.3) is 0 Å². The van der Waals surface area contributed by atoms with Gasteiger partial charge in [0.1, 0.15) is 5.75 Å². The number of likely N-dealkylation sites (tertiary alicyclic amines) is 1. The number of nitrogens with zero attached hydrogens (tertiary/aromatic N) is 2. The molecule has 0 spiro atoms. The van der Waals surface area contributed by atoms with Crippen molar-refractivity contribution in [3.05, 3.63) is 29.3 Å². The van der Waals surface area contributed by atoms with Crippen LogP contribution in [0.15, 0.2) is 23.2 Å². The highest BCUT2D eigenvalue weighted by Crippen LogP contribution is 2.58. The van der Waals surface area contributed by atoms with Crippen LogP contribution in [0, 0.1) is 5.92 Å². The Kier molecular flexibility index (Phi) is 6.31. The van der Waals surface area contributed by atoms with Gasteiger partial charge in [-0.05, 0) is 106 Å². The van der Waals surface area contributed by atoms with Gasteiger partial charge in [0.25, 0.3) is 0 Å². The lowest BCUT2D eigenvalue weighted by Crippen LogP contribution is -2.69. The minimum atomic E-state index is -0.731. The Balaban J connectivity index is 1.38. The van der Waals surface area contributed by atoms with E-state index in [2.05, 4.69) is 21.3 Å². The van der Waals surface area contributed by atoms with E-state index in [0.29, 0.717) is 18.3 Å². The summed E-state index contributed by atoms with van der Waals surface area (Å²) in [5.74, 6) is 1.29. The molecule has 2 saturated carbocycles. The number of nitrogens with two attached hydrogens (primary N) is 2. The molecule has 4 atom stereocenters. The molecule has 0 unspecified atom stereocenters.